The molecule has 1 aromatic heterocycles. The Kier molecular flexibility index (Phi) is 7.44. The Labute approximate surface area is 199 Å². The van der Waals surface area contributed by atoms with Crippen LogP contribution in [0.1, 0.15) is 46.8 Å². The monoisotopic (exact) mass is 465 g/mol. The third kappa shape index (κ3) is 6.25. The minimum absolute atomic E-state index is 0.126. The summed E-state index contributed by atoms with van der Waals surface area (Å²) in [7, 11) is 0. The van der Waals surface area contributed by atoms with Crippen LogP contribution < -0.4 is 15.5 Å². The van der Waals surface area contributed by atoms with Crippen LogP contribution in [0.25, 0.3) is 22.1 Å². The van der Waals surface area contributed by atoms with Crippen molar-refractivity contribution in [3.8, 4) is 16.9 Å². The SMILES string of the molecule is Cc1oc2cc(OC(=O)[C@@H](CC(C)C)NC(=O)OC(C)(C)C)ccc2c(=O)c1-c1ccccc1. The van der Waals surface area contributed by atoms with Crippen LogP contribution in [0.5, 0.6) is 5.75 Å². The van der Waals surface area contributed by atoms with Crippen molar-refractivity contribution in [3.63, 3.8) is 0 Å². The van der Waals surface area contributed by atoms with Crippen molar-refractivity contribution in [2.45, 2.75) is 59.6 Å². The van der Waals surface area contributed by atoms with Gasteiger partial charge < -0.3 is 19.2 Å². The van der Waals surface area contributed by atoms with Gasteiger partial charge in [0.2, 0.25) is 5.43 Å². The summed E-state index contributed by atoms with van der Waals surface area (Å²) in [5, 5.41) is 2.98. The van der Waals surface area contributed by atoms with Gasteiger partial charge in [0.15, 0.2) is 0 Å². The highest BCUT2D eigenvalue weighted by Gasteiger charge is 2.27. The van der Waals surface area contributed by atoms with Gasteiger partial charge in [-0.05, 0) is 57.7 Å². The molecule has 0 unspecified atom stereocenters. The molecule has 1 amide bonds. The van der Waals surface area contributed by atoms with E-state index >= 15 is 0 Å². The highest BCUT2D eigenvalue weighted by atomic mass is 16.6. The largest absolute Gasteiger partial charge is 0.460 e. The second-order valence-electron chi connectivity index (χ2n) is 9.64. The smallest absolute Gasteiger partial charge is 0.408 e. The van der Waals surface area contributed by atoms with Crippen molar-refractivity contribution in [2.75, 3.05) is 0 Å². The van der Waals surface area contributed by atoms with E-state index in [4.69, 9.17) is 13.9 Å². The summed E-state index contributed by atoms with van der Waals surface area (Å²) in [4.78, 5) is 38.2. The Balaban J connectivity index is 1.86. The number of esters is 1. The van der Waals surface area contributed by atoms with E-state index in [1.165, 1.54) is 6.07 Å². The van der Waals surface area contributed by atoms with Crippen LogP contribution >= 0.6 is 0 Å². The molecule has 2 aromatic carbocycles. The summed E-state index contributed by atoms with van der Waals surface area (Å²) in [5.41, 5.74) is 0.732. The number of aryl methyl sites for hydroxylation is 1. The van der Waals surface area contributed by atoms with Gasteiger partial charge in [0, 0.05) is 6.07 Å². The molecule has 0 fully saturated rings. The highest BCUT2D eigenvalue weighted by molar-refractivity contribution is 5.86. The molecule has 0 radical (unpaired) electrons. The molecule has 0 saturated heterocycles. The number of ether oxygens (including phenoxy) is 2. The highest BCUT2D eigenvalue weighted by Crippen LogP contribution is 2.26. The molecular formula is C27H31NO6. The molecule has 7 nitrogen and oxygen atoms in total. The lowest BCUT2D eigenvalue weighted by molar-refractivity contribution is -0.137. The quantitative estimate of drug-likeness (QED) is 0.375. The first kappa shape index (κ1) is 25.0. The second-order valence-corrected chi connectivity index (χ2v) is 9.64. The Morgan fingerprint density at radius 2 is 1.74 bits per heavy atom. The molecule has 0 aliphatic carbocycles. The Morgan fingerprint density at radius 1 is 1.06 bits per heavy atom. The van der Waals surface area contributed by atoms with Gasteiger partial charge in [-0.25, -0.2) is 9.59 Å². The van der Waals surface area contributed by atoms with E-state index in [1.807, 2.05) is 44.2 Å². The number of rotatable bonds is 6. The van der Waals surface area contributed by atoms with Gasteiger partial charge in [-0.2, -0.15) is 0 Å². The minimum atomic E-state index is -0.889. The molecule has 1 atom stereocenters. The Hall–Kier alpha value is -3.61. The first-order valence-corrected chi connectivity index (χ1v) is 11.3. The van der Waals surface area contributed by atoms with Crippen LogP contribution in [0.2, 0.25) is 0 Å². The van der Waals surface area contributed by atoms with E-state index in [9.17, 15) is 14.4 Å². The van der Waals surface area contributed by atoms with Gasteiger partial charge in [0.25, 0.3) is 0 Å². The topological polar surface area (TPSA) is 94.8 Å². The fourth-order valence-electron chi connectivity index (χ4n) is 3.61. The first-order valence-electron chi connectivity index (χ1n) is 11.3. The molecular weight excluding hydrogens is 434 g/mol. The fourth-order valence-corrected chi connectivity index (χ4v) is 3.61. The average Bonchev–Trinajstić information content (AvgIpc) is 2.72. The summed E-state index contributed by atoms with van der Waals surface area (Å²) < 4.78 is 16.7. The molecule has 180 valence electrons. The maximum Gasteiger partial charge on any atom is 0.408 e. The minimum Gasteiger partial charge on any atom is -0.460 e. The molecule has 3 aromatic rings. The fraction of sp³-hybridized carbons (Fsp3) is 0.370. The zero-order valence-corrected chi connectivity index (χ0v) is 20.4. The van der Waals surface area contributed by atoms with Gasteiger partial charge in [0.1, 0.15) is 28.7 Å². The third-order valence-electron chi connectivity index (χ3n) is 5.00. The molecule has 3 rings (SSSR count). The summed E-state index contributed by atoms with van der Waals surface area (Å²) in [6.07, 6.45) is -0.316. The molecule has 7 heteroatoms. The molecule has 0 saturated carbocycles. The summed E-state index contributed by atoms with van der Waals surface area (Å²) >= 11 is 0. The lowest BCUT2D eigenvalue weighted by Gasteiger charge is -2.23. The van der Waals surface area contributed by atoms with Gasteiger partial charge in [0.05, 0.1) is 10.9 Å². The lowest BCUT2D eigenvalue weighted by atomic mass is 10.0. The van der Waals surface area contributed by atoms with Crippen LogP contribution in [-0.4, -0.2) is 23.7 Å². The van der Waals surface area contributed by atoms with Gasteiger partial charge >= 0.3 is 12.1 Å². The first-order chi connectivity index (χ1) is 15.9. The van der Waals surface area contributed by atoms with Crippen LogP contribution in [0, 0.1) is 12.8 Å². The Morgan fingerprint density at radius 3 is 2.35 bits per heavy atom. The second kappa shape index (κ2) is 10.1. The number of hydrogen-bond acceptors (Lipinski definition) is 6. The van der Waals surface area contributed by atoms with Crippen LogP contribution in [0.15, 0.2) is 57.7 Å². The number of carbonyl (C=O) groups excluding carboxylic acids is 2. The van der Waals surface area contributed by atoms with Crippen molar-refractivity contribution in [1.29, 1.82) is 0 Å². The molecule has 0 bridgehead atoms. The summed E-state index contributed by atoms with van der Waals surface area (Å²) in [5.74, 6) is 0.184. The van der Waals surface area contributed by atoms with Crippen molar-refractivity contribution in [2.24, 2.45) is 5.92 Å². The number of benzene rings is 2. The molecule has 1 heterocycles. The van der Waals surface area contributed by atoms with E-state index in [0.717, 1.165) is 5.56 Å². The third-order valence-corrected chi connectivity index (χ3v) is 5.00. The zero-order valence-electron chi connectivity index (χ0n) is 20.4. The van der Waals surface area contributed by atoms with E-state index in [1.54, 1.807) is 39.8 Å². The Bertz CT molecular complexity index is 1240. The standard InChI is InChI=1S/C27H31NO6/c1-16(2)14-21(28-26(31)34-27(4,5)6)25(30)33-19-12-13-20-22(15-19)32-17(3)23(24(20)29)18-10-8-7-9-11-18/h7-13,15-16,21H,14H2,1-6H3,(H,28,31)/t21-/m1/s1. The van der Waals surface area contributed by atoms with Crippen LogP contribution in [0.3, 0.4) is 0 Å². The average molecular weight is 466 g/mol. The number of fused-ring (bicyclic) bond motifs is 1. The number of hydrogen-bond donors (Lipinski definition) is 1. The summed E-state index contributed by atoms with van der Waals surface area (Å²) in [6.45, 7) is 10.8. The summed E-state index contributed by atoms with van der Waals surface area (Å²) in [6, 6.07) is 13.1. The van der Waals surface area contributed by atoms with Crippen molar-refractivity contribution >= 4 is 23.0 Å². The van der Waals surface area contributed by atoms with Gasteiger partial charge in [-0.1, -0.05) is 44.2 Å². The predicted octanol–water partition coefficient (Wildman–Crippen LogP) is 5.61. The van der Waals surface area contributed by atoms with Crippen molar-refractivity contribution in [1.82, 2.24) is 5.32 Å². The van der Waals surface area contributed by atoms with E-state index in [2.05, 4.69) is 5.32 Å². The van der Waals surface area contributed by atoms with E-state index in [-0.39, 0.29) is 17.1 Å². The molecule has 1 N–H and O–H groups in total. The van der Waals surface area contributed by atoms with Crippen LogP contribution in [0.4, 0.5) is 4.79 Å². The van der Waals surface area contributed by atoms with Crippen molar-refractivity contribution < 1.29 is 23.5 Å². The number of nitrogens with one attached hydrogen (secondary N) is 1. The molecule has 0 aliphatic rings. The normalized spacial score (nSPS) is 12.4. The number of alkyl carbamates (subject to hydrolysis) is 1. The van der Waals surface area contributed by atoms with E-state index in [0.29, 0.717) is 28.7 Å². The molecule has 0 spiro atoms. The molecule has 0 aliphatic heterocycles. The zero-order chi connectivity index (χ0) is 25.0. The number of carbonyl (C=O) groups is 2. The maximum atomic E-state index is 13.1. The lowest BCUT2D eigenvalue weighted by Crippen LogP contribution is -2.45. The predicted molar refractivity (Wildman–Crippen MR) is 131 cm³/mol. The molecule has 34 heavy (non-hydrogen) atoms. The van der Waals surface area contributed by atoms with E-state index < -0.39 is 23.7 Å². The number of amides is 1. The van der Waals surface area contributed by atoms with Crippen molar-refractivity contribution in [3.05, 3.63) is 64.5 Å². The maximum absolute atomic E-state index is 13.1. The van der Waals surface area contributed by atoms with Gasteiger partial charge in [-0.15, -0.1) is 0 Å². The van der Waals surface area contributed by atoms with Crippen LogP contribution in [-0.2, 0) is 9.53 Å². The van der Waals surface area contributed by atoms with Gasteiger partial charge in [-0.3, -0.25) is 4.79 Å².